The van der Waals surface area contributed by atoms with E-state index in [9.17, 15) is 9.28 Å². The molecule has 0 amide bonds. The van der Waals surface area contributed by atoms with E-state index in [1.165, 1.54) is 0 Å². The molecule has 1 aromatic carbocycles. The molecule has 0 fully saturated rings. The SMILES string of the molecule is Cc1cccc2c(=O)n(F)ccc12. The van der Waals surface area contributed by atoms with Crippen LogP contribution < -0.4 is 5.56 Å². The quantitative estimate of drug-likeness (QED) is 0.603. The number of hydrogen-bond acceptors (Lipinski definition) is 1. The topological polar surface area (TPSA) is 22.0 Å². The first-order valence-electron chi connectivity index (χ1n) is 3.97. The second-order valence-electron chi connectivity index (χ2n) is 2.97. The lowest BCUT2D eigenvalue weighted by molar-refractivity contribution is 0.355. The number of halogens is 1. The zero-order chi connectivity index (χ0) is 9.42. The number of rotatable bonds is 0. The van der Waals surface area contributed by atoms with Gasteiger partial charge in [0, 0.05) is 11.6 Å². The van der Waals surface area contributed by atoms with Gasteiger partial charge in [0.15, 0.2) is 0 Å². The van der Waals surface area contributed by atoms with E-state index in [1.54, 1.807) is 18.2 Å². The predicted octanol–water partition coefficient (Wildman–Crippen LogP) is 2.04. The minimum atomic E-state index is -0.596. The summed E-state index contributed by atoms with van der Waals surface area (Å²) in [6.07, 6.45) is 1.14. The summed E-state index contributed by atoms with van der Waals surface area (Å²) in [5, 5.41) is 1.23. The Kier molecular flexibility index (Phi) is 1.65. The van der Waals surface area contributed by atoms with Gasteiger partial charge in [-0.25, -0.2) is 0 Å². The molecule has 0 spiro atoms. The summed E-state index contributed by atoms with van der Waals surface area (Å²) in [7, 11) is 0. The van der Waals surface area contributed by atoms with Crippen LogP contribution in [0.2, 0.25) is 0 Å². The number of aryl methyl sites for hydroxylation is 1. The fourth-order valence-electron chi connectivity index (χ4n) is 1.41. The maximum Gasteiger partial charge on any atom is 0.286 e. The van der Waals surface area contributed by atoms with Crippen molar-refractivity contribution in [3.05, 3.63) is 46.4 Å². The third kappa shape index (κ3) is 1.13. The third-order valence-electron chi connectivity index (χ3n) is 2.12. The highest BCUT2D eigenvalue weighted by molar-refractivity contribution is 5.84. The first kappa shape index (κ1) is 7.98. The van der Waals surface area contributed by atoms with E-state index in [0.717, 1.165) is 17.1 Å². The first-order chi connectivity index (χ1) is 6.20. The van der Waals surface area contributed by atoms with Gasteiger partial charge in [0.2, 0.25) is 0 Å². The van der Waals surface area contributed by atoms with Crippen LogP contribution in [0.25, 0.3) is 10.8 Å². The van der Waals surface area contributed by atoms with E-state index in [1.807, 2.05) is 13.0 Å². The minimum Gasteiger partial charge on any atom is -0.266 e. The molecule has 1 aromatic heterocycles. The molecule has 0 N–H and O–H groups in total. The summed E-state index contributed by atoms with van der Waals surface area (Å²) >= 11 is 0. The Balaban J connectivity index is 3.03. The van der Waals surface area contributed by atoms with E-state index in [0.29, 0.717) is 5.39 Å². The van der Waals surface area contributed by atoms with Crippen LogP contribution in [-0.4, -0.2) is 4.79 Å². The second kappa shape index (κ2) is 2.69. The average Bonchev–Trinajstić information content (AvgIpc) is 2.12. The Bertz CT molecular complexity index is 516. The van der Waals surface area contributed by atoms with Gasteiger partial charge in [0.25, 0.3) is 5.56 Å². The van der Waals surface area contributed by atoms with Crippen LogP contribution in [-0.2, 0) is 0 Å². The van der Waals surface area contributed by atoms with E-state index in [4.69, 9.17) is 0 Å². The molecule has 3 heteroatoms. The van der Waals surface area contributed by atoms with Crippen molar-refractivity contribution in [2.75, 3.05) is 0 Å². The van der Waals surface area contributed by atoms with Gasteiger partial charge in [-0.2, -0.15) is 0 Å². The summed E-state index contributed by atoms with van der Waals surface area (Å²) in [4.78, 5) is 11.4. The molecule has 0 unspecified atom stereocenters. The van der Waals surface area contributed by atoms with Crippen molar-refractivity contribution in [3.8, 4) is 0 Å². The predicted molar refractivity (Wildman–Crippen MR) is 49.5 cm³/mol. The van der Waals surface area contributed by atoms with Gasteiger partial charge in [-0.3, -0.25) is 4.79 Å². The standard InChI is InChI=1S/C10H8FNO/c1-7-3-2-4-9-8(7)5-6-12(11)10(9)13/h2-6H,1H3. The molecule has 0 saturated carbocycles. The minimum absolute atomic E-state index is 0.0990. The smallest absolute Gasteiger partial charge is 0.266 e. The lowest BCUT2D eigenvalue weighted by Crippen LogP contribution is -2.12. The van der Waals surface area contributed by atoms with Crippen molar-refractivity contribution in [1.29, 1.82) is 0 Å². The molecule has 0 aliphatic heterocycles. The number of nitrogens with zero attached hydrogens (tertiary/aromatic N) is 1. The molecule has 0 aliphatic rings. The molecule has 2 aromatic rings. The number of pyridine rings is 1. The highest BCUT2D eigenvalue weighted by atomic mass is 19.2. The second-order valence-corrected chi connectivity index (χ2v) is 2.97. The van der Waals surface area contributed by atoms with Crippen LogP contribution >= 0.6 is 0 Å². The molecular formula is C10H8FNO. The van der Waals surface area contributed by atoms with Crippen molar-refractivity contribution >= 4 is 10.8 Å². The Morgan fingerprint density at radius 3 is 2.77 bits per heavy atom. The van der Waals surface area contributed by atoms with Crippen molar-refractivity contribution < 1.29 is 4.48 Å². The van der Waals surface area contributed by atoms with Crippen molar-refractivity contribution in [2.45, 2.75) is 6.92 Å². The Hall–Kier alpha value is -1.64. The van der Waals surface area contributed by atoms with Gasteiger partial charge in [0.05, 0.1) is 0 Å². The van der Waals surface area contributed by atoms with Crippen LogP contribution in [0, 0.1) is 6.92 Å². The Labute approximate surface area is 74.2 Å². The third-order valence-corrected chi connectivity index (χ3v) is 2.12. The normalized spacial score (nSPS) is 10.6. The molecule has 2 nitrogen and oxygen atoms in total. The van der Waals surface area contributed by atoms with Crippen LogP contribution in [0.15, 0.2) is 35.3 Å². The number of aromatic nitrogens is 1. The van der Waals surface area contributed by atoms with Crippen molar-refractivity contribution in [1.82, 2.24) is 4.79 Å². The van der Waals surface area contributed by atoms with E-state index < -0.39 is 5.56 Å². The monoisotopic (exact) mass is 177 g/mol. The molecule has 2 rings (SSSR count). The van der Waals surface area contributed by atoms with Crippen LogP contribution in [0.1, 0.15) is 5.56 Å². The fraction of sp³-hybridized carbons (Fsp3) is 0.100. The Morgan fingerprint density at radius 1 is 1.23 bits per heavy atom. The average molecular weight is 177 g/mol. The molecule has 13 heavy (non-hydrogen) atoms. The summed E-state index contributed by atoms with van der Waals surface area (Å²) < 4.78 is 12.8. The van der Waals surface area contributed by atoms with Gasteiger partial charge in [-0.1, -0.05) is 16.6 Å². The van der Waals surface area contributed by atoms with Gasteiger partial charge >= 0.3 is 0 Å². The van der Waals surface area contributed by atoms with Gasteiger partial charge in [-0.05, 0) is 30.0 Å². The molecule has 66 valence electrons. The zero-order valence-electron chi connectivity index (χ0n) is 7.12. The van der Waals surface area contributed by atoms with E-state index in [2.05, 4.69) is 0 Å². The number of benzene rings is 1. The molecule has 0 saturated heterocycles. The fourth-order valence-corrected chi connectivity index (χ4v) is 1.41. The summed E-state index contributed by atoms with van der Waals surface area (Å²) in [5.74, 6) is 0. The number of hydrogen-bond donors (Lipinski definition) is 0. The van der Waals surface area contributed by atoms with Gasteiger partial charge in [-0.15, -0.1) is 4.79 Å². The lowest BCUT2D eigenvalue weighted by atomic mass is 10.1. The largest absolute Gasteiger partial charge is 0.286 e. The van der Waals surface area contributed by atoms with Gasteiger partial charge in [0.1, 0.15) is 0 Å². The summed E-state index contributed by atoms with van der Waals surface area (Å²) in [6, 6.07) is 6.87. The van der Waals surface area contributed by atoms with E-state index >= 15 is 0 Å². The van der Waals surface area contributed by atoms with E-state index in [-0.39, 0.29) is 4.79 Å². The maximum absolute atomic E-state index is 12.8. The molecule has 0 bridgehead atoms. The molecule has 0 atom stereocenters. The van der Waals surface area contributed by atoms with Crippen LogP contribution in [0.5, 0.6) is 0 Å². The zero-order valence-corrected chi connectivity index (χ0v) is 7.12. The Morgan fingerprint density at radius 2 is 2.00 bits per heavy atom. The summed E-state index contributed by atoms with van der Waals surface area (Å²) in [6.45, 7) is 1.89. The van der Waals surface area contributed by atoms with Crippen LogP contribution in [0.4, 0.5) is 4.48 Å². The lowest BCUT2D eigenvalue weighted by Gasteiger charge is -2.00. The van der Waals surface area contributed by atoms with Crippen molar-refractivity contribution in [2.24, 2.45) is 0 Å². The molecular weight excluding hydrogens is 169 g/mol. The number of fused-ring (bicyclic) bond motifs is 1. The molecule has 1 heterocycles. The maximum atomic E-state index is 12.8. The first-order valence-corrected chi connectivity index (χ1v) is 3.97. The van der Waals surface area contributed by atoms with Gasteiger partial charge < -0.3 is 0 Å². The summed E-state index contributed by atoms with van der Waals surface area (Å²) in [5.41, 5.74) is 0.386. The highest BCUT2D eigenvalue weighted by Gasteiger charge is 2.02. The van der Waals surface area contributed by atoms with Crippen LogP contribution in [0.3, 0.4) is 0 Å². The molecule has 0 radical (unpaired) electrons. The highest BCUT2D eigenvalue weighted by Crippen LogP contribution is 2.13. The molecule has 0 aliphatic carbocycles. The van der Waals surface area contributed by atoms with Crippen molar-refractivity contribution in [3.63, 3.8) is 0 Å².